The molecule has 4 bridgehead atoms. The molecule has 0 atom stereocenters. The zero-order chi connectivity index (χ0) is 19.0. The topological polar surface area (TPSA) is 0 Å². The minimum absolute atomic E-state index is 0. The average Bonchev–Trinajstić information content (AvgIpc) is 3.32. The van der Waals surface area contributed by atoms with Gasteiger partial charge in [-0.2, -0.15) is 0 Å². The number of hydrogen-bond acceptors (Lipinski definition) is 0. The van der Waals surface area contributed by atoms with Gasteiger partial charge < -0.3 is 24.8 Å². The van der Waals surface area contributed by atoms with Gasteiger partial charge in [0.15, 0.2) is 0 Å². The van der Waals surface area contributed by atoms with Crippen molar-refractivity contribution < 1.29 is 48.0 Å². The number of benzene rings is 2. The number of allylic oxidation sites excluding steroid dienone is 4. The van der Waals surface area contributed by atoms with Gasteiger partial charge >= 0.3 is 187 Å². The largest absolute Gasteiger partial charge is 1.00 e. The maximum absolute atomic E-state index is 2.61. The molecule has 4 fully saturated rings. The molecular weight excluding hydrogens is 498 g/mol. The van der Waals surface area contributed by atoms with Gasteiger partial charge in [-0.15, -0.1) is 0 Å². The molecule has 2 aromatic carbocycles. The predicted octanol–water partition coefficient (Wildman–Crippen LogP) is 1.28. The Bertz CT molecular complexity index is 985. The van der Waals surface area contributed by atoms with E-state index < -0.39 is 23.2 Å². The van der Waals surface area contributed by atoms with Crippen molar-refractivity contribution in [3.05, 3.63) is 80.7 Å². The molecule has 4 saturated carbocycles. The Hall–Kier alpha value is -0.617. The van der Waals surface area contributed by atoms with E-state index in [1.165, 1.54) is 36.8 Å². The third kappa shape index (κ3) is 3.41. The Morgan fingerprint density at radius 1 is 0.710 bits per heavy atom. The van der Waals surface area contributed by atoms with Crippen molar-refractivity contribution in [2.45, 2.75) is 48.6 Å². The first-order chi connectivity index (χ1) is 14.3. The summed E-state index contributed by atoms with van der Waals surface area (Å²) in [4.78, 5) is 0. The maximum atomic E-state index is 2.61. The first-order valence-corrected chi connectivity index (χ1v) is 14.3. The fourth-order valence-electron chi connectivity index (χ4n) is 8.06. The van der Waals surface area contributed by atoms with Crippen molar-refractivity contribution in [2.75, 3.05) is 0 Å². The summed E-state index contributed by atoms with van der Waals surface area (Å²) < 4.78 is 2.65. The zero-order valence-electron chi connectivity index (χ0n) is 17.8. The molecule has 0 heterocycles. The smallest absolute Gasteiger partial charge is 1.00 e. The van der Waals surface area contributed by atoms with Crippen LogP contribution in [0.25, 0.3) is 11.1 Å². The Morgan fingerprint density at radius 3 is 1.77 bits per heavy atom. The molecule has 0 unspecified atom stereocenters. The normalized spacial score (nSPS) is 31.7. The molecule has 158 valence electrons. The Morgan fingerprint density at radius 2 is 1.23 bits per heavy atom. The number of hydrogen-bond donors (Lipinski definition) is 0. The number of rotatable bonds is 3. The summed E-state index contributed by atoms with van der Waals surface area (Å²) in [5.41, 5.74) is 8.73. The SMILES string of the molecule is C1=CC(C23CC4CC(CC(C4)C2)C3)=[C]([Zr+2][CH]2c3ccccc3-c3ccccc32)C1.[Cl-].[Cl-]. The quantitative estimate of drug-likeness (QED) is 0.566. The molecule has 0 amide bonds. The minimum atomic E-state index is -0.726. The summed E-state index contributed by atoms with van der Waals surface area (Å²) >= 11 is -0.726. The first-order valence-electron chi connectivity index (χ1n) is 11.6. The van der Waals surface area contributed by atoms with Gasteiger partial charge in [0.1, 0.15) is 0 Å². The second-order valence-corrected chi connectivity index (χ2v) is 14.1. The zero-order valence-corrected chi connectivity index (χ0v) is 21.8. The molecule has 0 saturated heterocycles. The van der Waals surface area contributed by atoms with Crippen molar-refractivity contribution in [1.29, 1.82) is 0 Å². The van der Waals surface area contributed by atoms with Crippen LogP contribution in [0.15, 0.2) is 69.5 Å². The molecule has 6 aliphatic rings. The van der Waals surface area contributed by atoms with Gasteiger partial charge in [-0.3, -0.25) is 0 Å². The van der Waals surface area contributed by atoms with Crippen LogP contribution in [0, 0.1) is 23.2 Å². The van der Waals surface area contributed by atoms with Gasteiger partial charge in [0, 0.05) is 0 Å². The fourth-order valence-corrected chi connectivity index (χ4v) is 12.7. The summed E-state index contributed by atoms with van der Waals surface area (Å²) in [6.07, 6.45) is 15.6. The van der Waals surface area contributed by atoms with Crippen LogP contribution in [0.1, 0.15) is 59.7 Å². The van der Waals surface area contributed by atoms with Crippen LogP contribution < -0.4 is 24.8 Å². The molecule has 8 rings (SSSR count). The van der Waals surface area contributed by atoms with E-state index in [1.807, 2.05) is 8.85 Å². The van der Waals surface area contributed by atoms with Crippen molar-refractivity contribution >= 4 is 0 Å². The molecule has 0 aromatic heterocycles. The van der Waals surface area contributed by atoms with Crippen molar-refractivity contribution in [2.24, 2.45) is 23.2 Å². The summed E-state index contributed by atoms with van der Waals surface area (Å²) in [6.45, 7) is 0. The molecule has 0 aliphatic heterocycles. The van der Waals surface area contributed by atoms with Gasteiger partial charge in [0.05, 0.1) is 0 Å². The second kappa shape index (κ2) is 8.31. The predicted molar refractivity (Wildman–Crippen MR) is 115 cm³/mol. The molecule has 6 aliphatic carbocycles. The Balaban J connectivity index is 0.00000102. The second-order valence-electron chi connectivity index (χ2n) is 10.4. The molecule has 31 heavy (non-hydrogen) atoms. The maximum Gasteiger partial charge on any atom is -1.00 e. The number of halogens is 2. The van der Waals surface area contributed by atoms with Crippen LogP contribution in [-0.4, -0.2) is 0 Å². The van der Waals surface area contributed by atoms with Gasteiger partial charge in [0.25, 0.3) is 0 Å². The minimum Gasteiger partial charge on any atom is -1.00 e. The van der Waals surface area contributed by atoms with E-state index in [1.54, 1.807) is 30.4 Å². The van der Waals surface area contributed by atoms with Crippen molar-refractivity contribution in [3.8, 4) is 11.1 Å². The van der Waals surface area contributed by atoms with Crippen LogP contribution in [0.5, 0.6) is 0 Å². The van der Waals surface area contributed by atoms with Gasteiger partial charge in [0.2, 0.25) is 0 Å². The van der Waals surface area contributed by atoms with Crippen LogP contribution in [0.4, 0.5) is 0 Å². The Labute approximate surface area is 210 Å². The third-order valence-corrected chi connectivity index (χ3v) is 13.0. The monoisotopic (exact) mass is 524 g/mol. The van der Waals surface area contributed by atoms with E-state index in [0.29, 0.717) is 9.04 Å². The van der Waals surface area contributed by atoms with Crippen molar-refractivity contribution in [3.63, 3.8) is 0 Å². The van der Waals surface area contributed by atoms with E-state index in [9.17, 15) is 0 Å². The molecule has 0 nitrogen and oxygen atoms in total. The van der Waals surface area contributed by atoms with Crippen LogP contribution >= 0.6 is 0 Å². The standard InChI is InChI=1S/C15H19.C13H9.2ClH.Zr/c1-2-4-14(3-1)15-8-11-5-12(9-15)7-13(6-11)10-15;1-3-7-12-10(5-1)9-11-6-2-4-8-13(11)12;;;/h1,3,11-13H,2,5-10H2;1-9H;2*1H;/q;;;;+2/p-2. The summed E-state index contributed by atoms with van der Waals surface area (Å²) in [6, 6.07) is 18.5. The molecule has 0 N–H and O–H groups in total. The summed E-state index contributed by atoms with van der Waals surface area (Å²) in [5, 5.41) is 0. The molecule has 2 aromatic rings. The molecule has 3 heteroatoms. The third-order valence-electron chi connectivity index (χ3n) is 8.69. The van der Waals surface area contributed by atoms with Crippen molar-refractivity contribution in [1.82, 2.24) is 0 Å². The summed E-state index contributed by atoms with van der Waals surface area (Å²) in [7, 11) is 0. The average molecular weight is 527 g/mol. The van der Waals surface area contributed by atoms with E-state index >= 15 is 0 Å². The Kier molecular flexibility index (Phi) is 5.95. The van der Waals surface area contributed by atoms with Crippen LogP contribution in [0.3, 0.4) is 0 Å². The van der Waals surface area contributed by atoms with Crippen LogP contribution in [-0.2, 0) is 23.2 Å². The molecule has 0 radical (unpaired) electrons. The van der Waals surface area contributed by atoms with E-state index in [4.69, 9.17) is 0 Å². The van der Waals surface area contributed by atoms with E-state index in [-0.39, 0.29) is 24.8 Å². The van der Waals surface area contributed by atoms with Gasteiger partial charge in [-0.05, 0) is 0 Å². The van der Waals surface area contributed by atoms with E-state index in [0.717, 1.165) is 17.8 Å². The van der Waals surface area contributed by atoms with Gasteiger partial charge in [-0.1, -0.05) is 0 Å². The number of fused-ring (bicyclic) bond motifs is 3. The van der Waals surface area contributed by atoms with Gasteiger partial charge in [-0.25, -0.2) is 0 Å². The van der Waals surface area contributed by atoms with E-state index in [2.05, 4.69) is 60.7 Å². The van der Waals surface area contributed by atoms with Crippen LogP contribution in [0.2, 0.25) is 0 Å². The molecule has 0 spiro atoms. The first kappa shape index (κ1) is 22.2. The molecular formula is C28H28Cl2Zr. The summed E-state index contributed by atoms with van der Waals surface area (Å²) in [5.74, 6) is 3.13. The fraction of sp³-hybridized carbons (Fsp3) is 0.429.